The molecule has 6 N–H and O–H groups in total. The number of carbonyl (C=O) groups excluding carboxylic acids is 6. The molecule has 70 heavy (non-hydrogen) atoms. The van der Waals surface area contributed by atoms with Gasteiger partial charge in [-0.05, 0) is 98.2 Å². The summed E-state index contributed by atoms with van der Waals surface area (Å²) >= 11 is 3.32. The van der Waals surface area contributed by atoms with Crippen molar-refractivity contribution in [2.45, 2.75) is 151 Å². The summed E-state index contributed by atoms with van der Waals surface area (Å²) in [5, 5.41) is 18.0. The van der Waals surface area contributed by atoms with E-state index in [1.54, 1.807) is 61.3 Å². The summed E-state index contributed by atoms with van der Waals surface area (Å²) in [4.78, 5) is 86.8. The van der Waals surface area contributed by atoms with Gasteiger partial charge in [-0.1, -0.05) is 88.1 Å². The highest BCUT2D eigenvalue weighted by Crippen LogP contribution is 2.48. The van der Waals surface area contributed by atoms with Gasteiger partial charge in [0.15, 0.2) is 0 Å². The highest BCUT2D eigenvalue weighted by atomic mass is 32.2. The van der Waals surface area contributed by atoms with Gasteiger partial charge >= 0.3 is 0 Å². The van der Waals surface area contributed by atoms with Crippen LogP contribution in [0.5, 0.6) is 0 Å². The Bertz CT molecular complexity index is 2230. The third kappa shape index (κ3) is 10.6. The number of thioether (sulfide) groups is 2. The Morgan fingerprint density at radius 2 is 1.03 bits per heavy atom. The zero-order chi connectivity index (χ0) is 50.1. The first-order chi connectivity index (χ1) is 33.4. The van der Waals surface area contributed by atoms with E-state index in [1.807, 2.05) is 76.2 Å². The van der Waals surface area contributed by atoms with Crippen molar-refractivity contribution in [1.29, 1.82) is 0 Å². The third-order valence-corrected chi connectivity index (χ3v) is 17.7. The zero-order valence-electron chi connectivity index (χ0n) is 41.6. The first-order valence-corrected chi connectivity index (χ1v) is 26.8. The number of rotatable bonds is 14. The maximum absolute atomic E-state index is 14.6. The molecular formula is C52H70N8O8S2. The predicted octanol–water partition coefficient (Wildman–Crippen LogP) is 2.95. The van der Waals surface area contributed by atoms with E-state index in [0.717, 1.165) is 22.3 Å². The Labute approximate surface area is 420 Å². The molecule has 0 bridgehead atoms. The van der Waals surface area contributed by atoms with E-state index in [2.05, 4.69) is 43.7 Å². The second-order valence-corrected chi connectivity index (χ2v) is 23.5. The van der Waals surface area contributed by atoms with Crippen molar-refractivity contribution in [3.05, 3.63) is 70.8 Å². The van der Waals surface area contributed by atoms with Crippen LogP contribution in [-0.4, -0.2) is 143 Å². The van der Waals surface area contributed by atoms with E-state index in [0.29, 0.717) is 50.0 Å². The smallest absolute Gasteiger partial charge is 0.246 e. The van der Waals surface area contributed by atoms with Gasteiger partial charge < -0.3 is 51.2 Å². The number of hydrogen-bond acceptors (Lipinski definition) is 12. The minimum atomic E-state index is -0.756. The number of nitrogens with zero attached hydrogens (tertiary/aromatic N) is 2. The van der Waals surface area contributed by atoms with Crippen LogP contribution in [0.3, 0.4) is 0 Å². The maximum Gasteiger partial charge on any atom is 0.246 e. The summed E-state index contributed by atoms with van der Waals surface area (Å²) in [6.45, 7) is 11.8. The molecule has 12 atom stereocenters. The maximum atomic E-state index is 14.6. The lowest BCUT2D eigenvalue weighted by atomic mass is 9.83. The van der Waals surface area contributed by atoms with Crippen molar-refractivity contribution in [3.8, 4) is 11.8 Å². The number of benzene rings is 2. The first-order valence-electron chi connectivity index (χ1n) is 24.7. The minimum absolute atomic E-state index is 0.0826. The van der Waals surface area contributed by atoms with E-state index in [9.17, 15) is 28.8 Å². The Morgan fingerprint density at radius 1 is 0.643 bits per heavy atom. The molecule has 16 nitrogen and oxygen atoms in total. The highest BCUT2D eigenvalue weighted by Gasteiger charge is 2.57. The number of amides is 6. The normalized spacial score (nSPS) is 30.3. The summed E-state index contributed by atoms with van der Waals surface area (Å²) in [6.07, 6.45) is 2.57. The van der Waals surface area contributed by atoms with E-state index in [1.165, 1.54) is 0 Å². The third-order valence-electron chi connectivity index (χ3n) is 15.2. The molecule has 0 radical (unpaired) electrons. The summed E-state index contributed by atoms with van der Waals surface area (Å²) in [7, 11) is 3.40. The fourth-order valence-corrected chi connectivity index (χ4v) is 14.3. The van der Waals surface area contributed by atoms with Crippen LogP contribution < -0.4 is 31.9 Å². The van der Waals surface area contributed by atoms with Gasteiger partial charge in [0.2, 0.25) is 35.4 Å². The topological polar surface area (TPSA) is 200 Å². The molecule has 2 aromatic carbocycles. The van der Waals surface area contributed by atoms with Gasteiger partial charge in [-0.3, -0.25) is 28.8 Å². The van der Waals surface area contributed by atoms with Crippen molar-refractivity contribution in [3.63, 3.8) is 0 Å². The minimum Gasteiger partial charge on any atom is -0.363 e. The number of likely N-dealkylation sites (N-methyl/N-ethyl adjacent to an activating group) is 2. The lowest BCUT2D eigenvalue weighted by Crippen LogP contribution is -2.58. The number of fused-ring (bicyclic) bond motifs is 4. The molecule has 6 amide bonds. The van der Waals surface area contributed by atoms with E-state index in [-0.39, 0.29) is 59.4 Å². The molecule has 6 aliphatic rings. The Morgan fingerprint density at radius 3 is 1.41 bits per heavy atom. The molecule has 2 aromatic rings. The van der Waals surface area contributed by atoms with Gasteiger partial charge in [-0.25, -0.2) is 0 Å². The second-order valence-electron chi connectivity index (χ2n) is 20.9. The monoisotopic (exact) mass is 998 g/mol. The molecular weight excluding hydrogens is 929 g/mol. The standard InChI is InChI=1S/C52H70N8O8S2/c1-29(53-7)45(61)55-35-19-23-69-39-27-51(3,4)43(59(39)49(35)65)47(63)57-41-33-17-11-9-15-31(33)25-37(41)67-21-13-14-22-68-38-26-32-16-10-12-18-34(32)42(38)58-48(64)44-52(5,6)28-40-60(44)50(66)36(20-24-70-40)56-46(62)30(2)54-8/h9-12,15-18,29-30,35-44,53-54H,19-28H2,1-8H3,(H,55,61)(H,56,62)(H,57,63)(H,58,64)/t29-,30-,35-,36-,37+,38+,39-,40-,41-,42-,43+,44+/m0/s1. The van der Waals surface area contributed by atoms with Crippen LogP contribution in [-0.2, 0) is 51.1 Å². The fraction of sp³-hybridized carbons (Fsp3) is 0.615. The van der Waals surface area contributed by atoms with Crippen LogP contribution in [0, 0.1) is 22.7 Å². The molecule has 4 heterocycles. The lowest BCUT2D eigenvalue weighted by Gasteiger charge is -2.35. The molecule has 0 spiro atoms. The number of ether oxygens (including phenoxy) is 2. The van der Waals surface area contributed by atoms with Crippen molar-refractivity contribution >= 4 is 59.0 Å². The van der Waals surface area contributed by atoms with E-state index in [4.69, 9.17) is 9.47 Å². The Balaban J connectivity index is 0.911. The zero-order valence-corrected chi connectivity index (χ0v) is 43.2. The average Bonchev–Trinajstić information content (AvgIpc) is 3.97. The Hall–Kier alpha value is -4.64. The van der Waals surface area contributed by atoms with Crippen molar-refractivity contribution < 1.29 is 38.2 Å². The van der Waals surface area contributed by atoms with Crippen molar-refractivity contribution in [2.75, 3.05) is 38.8 Å². The quantitative estimate of drug-likeness (QED) is 0.152. The van der Waals surface area contributed by atoms with Gasteiger partial charge in [-0.15, -0.1) is 23.5 Å². The van der Waals surface area contributed by atoms with E-state index >= 15 is 0 Å². The number of carbonyl (C=O) groups is 6. The molecule has 0 saturated carbocycles. The molecule has 4 fully saturated rings. The van der Waals surface area contributed by atoms with Crippen LogP contribution in [0.1, 0.15) is 102 Å². The van der Waals surface area contributed by atoms with Crippen molar-refractivity contribution in [1.82, 2.24) is 41.7 Å². The molecule has 0 aromatic heterocycles. The molecule has 0 unspecified atom stereocenters. The SMILES string of the molecule is CN[C@@H](C)C(=O)N[C@H]1CCS[C@H]2CC(C)(C)[C@@H](C(=O)N[C@H]3c4ccccc4C[C@H]3OCC#CCO[C@@H]3Cc4ccccc4[C@@H]3NC(=O)[C@H]3N4C(=O)[C@@H](NC(=O)[C@H](C)NC)CCS[C@H]4CC3(C)C)N2C1=O. The van der Waals surface area contributed by atoms with Crippen LogP contribution in [0.25, 0.3) is 0 Å². The van der Waals surface area contributed by atoms with Gasteiger partial charge in [0.25, 0.3) is 0 Å². The average molecular weight is 999 g/mol. The summed E-state index contributed by atoms with van der Waals surface area (Å²) < 4.78 is 12.9. The lowest BCUT2D eigenvalue weighted by molar-refractivity contribution is -0.144. The first kappa shape index (κ1) is 51.7. The predicted molar refractivity (Wildman–Crippen MR) is 270 cm³/mol. The van der Waals surface area contributed by atoms with E-state index < -0.39 is 71.4 Å². The summed E-state index contributed by atoms with van der Waals surface area (Å²) in [5.74, 6) is 6.10. The number of hydrogen-bond donors (Lipinski definition) is 6. The summed E-state index contributed by atoms with van der Waals surface area (Å²) in [5.41, 5.74) is 3.00. The van der Waals surface area contributed by atoms with Gasteiger partial charge in [0.1, 0.15) is 37.4 Å². The molecule has 18 heteroatoms. The Kier molecular flexibility index (Phi) is 16.0. The molecule has 4 saturated heterocycles. The molecule has 8 rings (SSSR count). The van der Waals surface area contributed by atoms with Gasteiger partial charge in [0, 0.05) is 12.8 Å². The molecule has 4 aliphatic heterocycles. The van der Waals surface area contributed by atoms with Gasteiger partial charge in [-0.2, -0.15) is 0 Å². The molecule has 2 aliphatic carbocycles. The van der Waals surface area contributed by atoms with Crippen molar-refractivity contribution in [2.24, 2.45) is 10.8 Å². The van der Waals surface area contributed by atoms with Crippen LogP contribution in [0.4, 0.5) is 0 Å². The largest absolute Gasteiger partial charge is 0.363 e. The highest BCUT2D eigenvalue weighted by molar-refractivity contribution is 8.00. The summed E-state index contributed by atoms with van der Waals surface area (Å²) in [6, 6.07) is 11.1. The van der Waals surface area contributed by atoms with Crippen LogP contribution in [0.15, 0.2) is 48.5 Å². The van der Waals surface area contributed by atoms with Crippen LogP contribution >= 0.6 is 23.5 Å². The second kappa shape index (κ2) is 21.6. The molecule has 378 valence electrons. The number of nitrogens with one attached hydrogen (secondary N) is 6. The van der Waals surface area contributed by atoms with Gasteiger partial charge in [0.05, 0.1) is 47.1 Å². The fourth-order valence-electron chi connectivity index (χ4n) is 11.2. The van der Waals surface area contributed by atoms with Crippen LogP contribution in [0.2, 0.25) is 0 Å².